The number of hydrogen-bond donors (Lipinski definition) is 2. The molecule has 0 unspecified atom stereocenters. The zero-order chi connectivity index (χ0) is 24.2. The lowest BCUT2D eigenvalue weighted by Gasteiger charge is -2.14. The van der Waals surface area contributed by atoms with Crippen molar-refractivity contribution >= 4 is 61.1 Å². The van der Waals surface area contributed by atoms with Gasteiger partial charge in [-0.05, 0) is 69.6 Å². The van der Waals surface area contributed by atoms with E-state index in [0.717, 1.165) is 31.6 Å². The summed E-state index contributed by atoms with van der Waals surface area (Å²) in [6, 6.07) is 34.4. The number of halogens is 1. The minimum atomic E-state index is -0.413. The van der Waals surface area contributed by atoms with Crippen molar-refractivity contribution in [2.24, 2.45) is 0 Å². The monoisotopic (exact) mass is 520 g/mol. The molecular formula is C30H21BrN2O2. The fourth-order valence-corrected chi connectivity index (χ4v) is 4.46. The van der Waals surface area contributed by atoms with Crippen LogP contribution < -0.4 is 10.6 Å². The van der Waals surface area contributed by atoms with Gasteiger partial charge in [-0.2, -0.15) is 0 Å². The molecule has 0 fully saturated rings. The molecule has 2 amide bonds. The van der Waals surface area contributed by atoms with Crippen LogP contribution in [0.3, 0.4) is 0 Å². The van der Waals surface area contributed by atoms with Gasteiger partial charge in [0.2, 0.25) is 0 Å². The first-order valence-corrected chi connectivity index (χ1v) is 11.9. The largest absolute Gasteiger partial charge is 0.321 e. The van der Waals surface area contributed by atoms with E-state index < -0.39 is 5.91 Å². The Morgan fingerprint density at radius 3 is 1.97 bits per heavy atom. The Hall–Kier alpha value is -4.22. The first-order valence-electron chi connectivity index (χ1n) is 11.1. The summed E-state index contributed by atoms with van der Waals surface area (Å²) in [4.78, 5) is 26.5. The SMILES string of the molecule is O=C(Nc1cccc(Br)c1)/C(=C\c1c2ccccc2cc2ccccc12)NC(=O)c1ccccc1. The van der Waals surface area contributed by atoms with Gasteiger partial charge in [0, 0.05) is 15.7 Å². The Morgan fingerprint density at radius 2 is 1.31 bits per heavy atom. The van der Waals surface area contributed by atoms with Crippen LogP contribution in [0.25, 0.3) is 27.6 Å². The topological polar surface area (TPSA) is 58.2 Å². The lowest BCUT2D eigenvalue weighted by molar-refractivity contribution is -0.113. The Morgan fingerprint density at radius 1 is 0.686 bits per heavy atom. The highest BCUT2D eigenvalue weighted by Gasteiger charge is 2.17. The maximum atomic E-state index is 13.5. The van der Waals surface area contributed by atoms with E-state index in [9.17, 15) is 9.59 Å². The number of carbonyl (C=O) groups is 2. The zero-order valence-electron chi connectivity index (χ0n) is 18.7. The molecule has 0 aromatic heterocycles. The number of fused-ring (bicyclic) bond motifs is 2. The second-order valence-corrected chi connectivity index (χ2v) is 8.99. The maximum Gasteiger partial charge on any atom is 0.272 e. The highest BCUT2D eigenvalue weighted by molar-refractivity contribution is 9.10. The Labute approximate surface area is 211 Å². The van der Waals surface area contributed by atoms with Gasteiger partial charge in [-0.3, -0.25) is 9.59 Å². The molecule has 0 aliphatic carbocycles. The van der Waals surface area contributed by atoms with E-state index >= 15 is 0 Å². The van der Waals surface area contributed by atoms with Crippen molar-refractivity contribution < 1.29 is 9.59 Å². The Bertz CT molecular complexity index is 1540. The summed E-state index contributed by atoms with van der Waals surface area (Å²) in [6.45, 7) is 0. The van der Waals surface area contributed by atoms with E-state index in [2.05, 4.69) is 32.6 Å². The van der Waals surface area contributed by atoms with Gasteiger partial charge in [-0.25, -0.2) is 0 Å². The lowest BCUT2D eigenvalue weighted by Crippen LogP contribution is -2.30. The van der Waals surface area contributed by atoms with Crippen LogP contribution in [0.2, 0.25) is 0 Å². The van der Waals surface area contributed by atoms with E-state index in [-0.39, 0.29) is 11.6 Å². The van der Waals surface area contributed by atoms with Crippen LogP contribution in [0.1, 0.15) is 15.9 Å². The predicted octanol–water partition coefficient (Wildman–Crippen LogP) is 7.17. The summed E-state index contributed by atoms with van der Waals surface area (Å²) in [6.07, 6.45) is 1.76. The molecule has 35 heavy (non-hydrogen) atoms. The van der Waals surface area contributed by atoms with E-state index in [1.807, 2.05) is 72.8 Å². The van der Waals surface area contributed by atoms with Crippen LogP contribution >= 0.6 is 15.9 Å². The number of rotatable bonds is 5. The molecule has 2 N–H and O–H groups in total. The molecule has 170 valence electrons. The third-order valence-electron chi connectivity index (χ3n) is 5.71. The first kappa shape index (κ1) is 22.6. The van der Waals surface area contributed by atoms with Gasteiger partial charge in [-0.15, -0.1) is 0 Å². The molecule has 5 heteroatoms. The molecule has 0 aliphatic rings. The Balaban J connectivity index is 1.64. The van der Waals surface area contributed by atoms with Crippen molar-refractivity contribution in [3.63, 3.8) is 0 Å². The third-order valence-corrected chi connectivity index (χ3v) is 6.21. The van der Waals surface area contributed by atoms with Crippen LogP contribution in [-0.4, -0.2) is 11.8 Å². The van der Waals surface area contributed by atoms with Gasteiger partial charge in [0.25, 0.3) is 11.8 Å². The fourth-order valence-electron chi connectivity index (χ4n) is 4.06. The molecule has 5 aromatic carbocycles. The van der Waals surface area contributed by atoms with Crippen LogP contribution in [0, 0.1) is 0 Å². The minimum absolute atomic E-state index is 0.153. The fraction of sp³-hybridized carbons (Fsp3) is 0. The molecular weight excluding hydrogens is 500 g/mol. The van der Waals surface area contributed by atoms with Gasteiger partial charge < -0.3 is 10.6 Å². The van der Waals surface area contributed by atoms with E-state index in [1.165, 1.54) is 0 Å². The molecule has 0 heterocycles. The van der Waals surface area contributed by atoms with Crippen molar-refractivity contribution in [3.8, 4) is 0 Å². The molecule has 0 spiro atoms. The molecule has 0 saturated carbocycles. The molecule has 5 aromatic rings. The molecule has 5 rings (SSSR count). The number of benzene rings is 5. The van der Waals surface area contributed by atoms with Crippen molar-refractivity contribution in [1.29, 1.82) is 0 Å². The van der Waals surface area contributed by atoms with Gasteiger partial charge in [0.15, 0.2) is 0 Å². The smallest absolute Gasteiger partial charge is 0.272 e. The number of anilines is 1. The van der Waals surface area contributed by atoms with E-state index in [1.54, 1.807) is 36.4 Å². The summed E-state index contributed by atoms with van der Waals surface area (Å²) < 4.78 is 0.842. The molecule has 0 atom stereocenters. The van der Waals surface area contributed by atoms with Crippen molar-refractivity contribution in [1.82, 2.24) is 5.32 Å². The predicted molar refractivity (Wildman–Crippen MR) is 146 cm³/mol. The van der Waals surface area contributed by atoms with Gasteiger partial charge in [-0.1, -0.05) is 88.7 Å². The number of carbonyl (C=O) groups excluding carboxylic acids is 2. The highest BCUT2D eigenvalue weighted by atomic mass is 79.9. The summed E-state index contributed by atoms with van der Waals surface area (Å²) in [7, 11) is 0. The molecule has 0 radical (unpaired) electrons. The maximum absolute atomic E-state index is 13.5. The Kier molecular flexibility index (Phi) is 6.42. The van der Waals surface area contributed by atoms with E-state index in [0.29, 0.717) is 11.3 Å². The second kappa shape index (κ2) is 9.95. The van der Waals surface area contributed by atoms with E-state index in [4.69, 9.17) is 0 Å². The van der Waals surface area contributed by atoms with Gasteiger partial charge >= 0.3 is 0 Å². The van der Waals surface area contributed by atoms with Crippen molar-refractivity contribution in [2.45, 2.75) is 0 Å². The van der Waals surface area contributed by atoms with Crippen LogP contribution in [0.15, 0.2) is 119 Å². The van der Waals surface area contributed by atoms with Gasteiger partial charge in [0.05, 0.1) is 0 Å². The zero-order valence-corrected chi connectivity index (χ0v) is 20.3. The van der Waals surface area contributed by atoms with Crippen LogP contribution in [-0.2, 0) is 4.79 Å². The average Bonchev–Trinajstić information content (AvgIpc) is 2.88. The second-order valence-electron chi connectivity index (χ2n) is 8.08. The highest BCUT2D eigenvalue weighted by Crippen LogP contribution is 2.30. The summed E-state index contributed by atoms with van der Waals surface area (Å²) in [5.74, 6) is -0.768. The minimum Gasteiger partial charge on any atom is -0.321 e. The number of amides is 2. The summed E-state index contributed by atoms with van der Waals surface area (Å²) in [5.41, 5.74) is 2.11. The van der Waals surface area contributed by atoms with Crippen molar-refractivity contribution in [2.75, 3.05) is 5.32 Å². The number of hydrogen-bond acceptors (Lipinski definition) is 2. The van der Waals surface area contributed by atoms with Crippen LogP contribution in [0.5, 0.6) is 0 Å². The summed E-state index contributed by atoms with van der Waals surface area (Å²) in [5, 5.41) is 9.84. The molecule has 4 nitrogen and oxygen atoms in total. The third kappa shape index (κ3) is 5.00. The molecule has 0 aliphatic heterocycles. The standard InChI is InChI=1S/C30H21BrN2O2/c31-23-13-8-14-24(18-23)32-30(35)28(33-29(34)20-9-2-1-3-10-20)19-27-25-15-6-4-11-21(25)17-22-12-5-7-16-26(22)27/h1-19H,(H,32,35)(H,33,34)/b28-19+. The molecule has 0 saturated heterocycles. The van der Waals surface area contributed by atoms with Gasteiger partial charge in [0.1, 0.15) is 5.70 Å². The van der Waals surface area contributed by atoms with Crippen molar-refractivity contribution in [3.05, 3.63) is 130 Å². The average molecular weight is 521 g/mol. The summed E-state index contributed by atoms with van der Waals surface area (Å²) >= 11 is 3.43. The number of nitrogens with one attached hydrogen (secondary N) is 2. The van der Waals surface area contributed by atoms with Crippen LogP contribution in [0.4, 0.5) is 5.69 Å². The first-order chi connectivity index (χ1) is 17.1. The quantitative estimate of drug-likeness (QED) is 0.190. The lowest BCUT2D eigenvalue weighted by atomic mass is 9.96. The normalized spacial score (nSPS) is 11.4. The molecule has 0 bridgehead atoms.